The van der Waals surface area contributed by atoms with E-state index in [1.807, 2.05) is 13.0 Å². The minimum absolute atomic E-state index is 0. The molecule has 0 spiro atoms. The van der Waals surface area contributed by atoms with Gasteiger partial charge in [-0.25, -0.2) is 0 Å². The minimum atomic E-state index is -2.93. The topological polar surface area (TPSA) is 73.3 Å². The van der Waals surface area contributed by atoms with Crippen molar-refractivity contribution in [2.24, 2.45) is 4.99 Å². The van der Waals surface area contributed by atoms with Crippen LogP contribution in [0, 0.1) is 0 Å². The Hall–Kier alpha value is -2.50. The molecule has 0 unspecified atom stereocenters. The van der Waals surface area contributed by atoms with Crippen LogP contribution in [0.1, 0.15) is 12.5 Å². The number of halogens is 3. The molecule has 0 aliphatic rings. The van der Waals surface area contributed by atoms with Gasteiger partial charge >= 0.3 is 6.61 Å². The molecule has 0 aromatic heterocycles. The van der Waals surface area contributed by atoms with Gasteiger partial charge in [0.1, 0.15) is 0 Å². The number of hydrogen-bond acceptors (Lipinski definition) is 5. The third-order valence-corrected chi connectivity index (χ3v) is 3.85. The van der Waals surface area contributed by atoms with Crippen molar-refractivity contribution in [3.63, 3.8) is 0 Å². The molecule has 30 heavy (non-hydrogen) atoms. The summed E-state index contributed by atoms with van der Waals surface area (Å²) >= 11 is 0. The van der Waals surface area contributed by atoms with E-state index < -0.39 is 6.61 Å². The molecule has 0 aliphatic carbocycles. The number of ether oxygens (including phenoxy) is 4. The largest absolute Gasteiger partial charge is 0.493 e. The summed E-state index contributed by atoms with van der Waals surface area (Å²) in [6.45, 7) is -0.173. The third-order valence-electron chi connectivity index (χ3n) is 3.85. The molecule has 10 heteroatoms. The number of nitrogens with zero attached hydrogens (tertiary/aromatic N) is 1. The van der Waals surface area contributed by atoms with Gasteiger partial charge in [0.05, 0.1) is 20.8 Å². The van der Waals surface area contributed by atoms with Gasteiger partial charge in [0.25, 0.3) is 0 Å². The zero-order valence-corrected chi connectivity index (χ0v) is 19.5. The van der Waals surface area contributed by atoms with Gasteiger partial charge < -0.3 is 29.6 Å². The summed E-state index contributed by atoms with van der Waals surface area (Å²) in [5.41, 5.74) is 1.46. The maximum Gasteiger partial charge on any atom is 0.387 e. The van der Waals surface area contributed by atoms with Crippen LogP contribution in [0.3, 0.4) is 0 Å². The van der Waals surface area contributed by atoms with Gasteiger partial charge in [0.2, 0.25) is 0 Å². The minimum Gasteiger partial charge on any atom is -0.493 e. The maximum absolute atomic E-state index is 12.6. The van der Waals surface area contributed by atoms with Crippen molar-refractivity contribution in [2.45, 2.75) is 20.1 Å². The Kier molecular flexibility index (Phi) is 11.0. The quantitative estimate of drug-likeness (QED) is 0.279. The Bertz CT molecular complexity index is 838. The van der Waals surface area contributed by atoms with E-state index in [0.717, 1.165) is 5.69 Å². The van der Waals surface area contributed by atoms with E-state index in [0.29, 0.717) is 36.2 Å². The first-order valence-electron chi connectivity index (χ1n) is 8.90. The van der Waals surface area contributed by atoms with E-state index >= 15 is 0 Å². The zero-order valence-electron chi connectivity index (χ0n) is 17.2. The molecule has 0 fully saturated rings. The van der Waals surface area contributed by atoms with E-state index in [1.54, 1.807) is 38.4 Å². The molecule has 2 aromatic rings. The van der Waals surface area contributed by atoms with Crippen LogP contribution in [0.15, 0.2) is 41.4 Å². The highest BCUT2D eigenvalue weighted by Crippen LogP contribution is 2.31. The first-order chi connectivity index (χ1) is 14.0. The molecule has 2 aromatic carbocycles. The Morgan fingerprint density at radius 1 is 1.00 bits per heavy atom. The summed E-state index contributed by atoms with van der Waals surface area (Å²) in [6.07, 6.45) is 0. The average Bonchev–Trinajstić information content (AvgIpc) is 2.71. The second-order valence-electron chi connectivity index (χ2n) is 5.71. The molecule has 0 radical (unpaired) electrons. The predicted octanol–water partition coefficient (Wildman–Crippen LogP) is 4.51. The molecule has 166 valence electrons. The molecule has 2 rings (SSSR count). The van der Waals surface area contributed by atoms with Crippen molar-refractivity contribution in [1.82, 2.24) is 5.32 Å². The smallest absolute Gasteiger partial charge is 0.387 e. The van der Waals surface area contributed by atoms with Crippen LogP contribution < -0.4 is 29.6 Å². The fourth-order valence-corrected chi connectivity index (χ4v) is 2.54. The molecule has 0 bridgehead atoms. The number of hydrogen-bond donors (Lipinski definition) is 2. The van der Waals surface area contributed by atoms with Crippen molar-refractivity contribution in [3.8, 4) is 23.0 Å². The number of alkyl halides is 2. The van der Waals surface area contributed by atoms with Gasteiger partial charge in [0, 0.05) is 25.3 Å². The fourth-order valence-electron chi connectivity index (χ4n) is 2.54. The van der Waals surface area contributed by atoms with Crippen molar-refractivity contribution in [1.29, 1.82) is 0 Å². The molecular formula is C20H26F2IN3O4. The van der Waals surface area contributed by atoms with E-state index in [2.05, 4.69) is 20.4 Å². The second-order valence-corrected chi connectivity index (χ2v) is 5.71. The van der Waals surface area contributed by atoms with Crippen molar-refractivity contribution >= 4 is 35.6 Å². The first-order valence-corrected chi connectivity index (χ1v) is 8.90. The molecule has 7 nitrogen and oxygen atoms in total. The highest BCUT2D eigenvalue weighted by atomic mass is 127. The SMILES string of the molecule is CCOc1ccc(NC(=NC)NCc2ccc(OC)c(OC(F)F)c2)cc1OC.I. The lowest BCUT2D eigenvalue weighted by atomic mass is 10.2. The second kappa shape index (κ2) is 12.9. The standard InChI is InChI=1S/C20H25F2N3O4.HI/c1-5-28-16-9-7-14(11-17(16)27-4)25-20(23-2)24-12-13-6-8-15(26-3)18(10-13)29-19(21)22;/h6-11,19H,5,12H2,1-4H3,(H2,23,24,25);1H. The lowest BCUT2D eigenvalue weighted by molar-refractivity contribution is -0.0512. The number of anilines is 1. The van der Waals surface area contributed by atoms with E-state index in [1.165, 1.54) is 13.2 Å². The zero-order chi connectivity index (χ0) is 21.2. The van der Waals surface area contributed by atoms with E-state index in [-0.39, 0.29) is 35.5 Å². The predicted molar refractivity (Wildman–Crippen MR) is 123 cm³/mol. The molecule has 0 atom stereocenters. The summed E-state index contributed by atoms with van der Waals surface area (Å²) in [5.74, 6) is 1.94. The third kappa shape index (κ3) is 7.39. The van der Waals surface area contributed by atoms with E-state index in [9.17, 15) is 8.78 Å². The summed E-state index contributed by atoms with van der Waals surface area (Å²) in [5, 5.41) is 6.25. The Labute approximate surface area is 191 Å². The van der Waals surface area contributed by atoms with Gasteiger partial charge in [-0.2, -0.15) is 8.78 Å². The normalized spacial score (nSPS) is 10.8. The highest BCUT2D eigenvalue weighted by molar-refractivity contribution is 14.0. The van der Waals surface area contributed by atoms with Crippen LogP contribution in [0.5, 0.6) is 23.0 Å². The maximum atomic E-state index is 12.6. The van der Waals surface area contributed by atoms with E-state index in [4.69, 9.17) is 14.2 Å². The summed E-state index contributed by atoms with van der Waals surface area (Å²) in [7, 11) is 4.58. The molecule has 0 saturated carbocycles. The summed E-state index contributed by atoms with van der Waals surface area (Å²) < 4.78 is 45.5. The molecule has 2 N–H and O–H groups in total. The number of nitrogens with one attached hydrogen (secondary N) is 2. The monoisotopic (exact) mass is 537 g/mol. The van der Waals surface area contributed by atoms with Gasteiger partial charge in [0.15, 0.2) is 29.0 Å². The van der Waals surface area contributed by atoms with Gasteiger partial charge in [-0.15, -0.1) is 24.0 Å². The fraction of sp³-hybridized carbons (Fsp3) is 0.350. The average molecular weight is 537 g/mol. The number of rotatable bonds is 9. The van der Waals surface area contributed by atoms with Crippen LogP contribution in [-0.2, 0) is 6.54 Å². The number of aliphatic imine (C=N–C) groups is 1. The number of methoxy groups -OCH3 is 2. The lowest BCUT2D eigenvalue weighted by Gasteiger charge is -2.15. The molecule has 0 aliphatic heterocycles. The van der Waals surface area contributed by atoms with Gasteiger partial charge in [-0.1, -0.05) is 6.07 Å². The summed E-state index contributed by atoms with van der Waals surface area (Å²) in [6, 6.07) is 10.2. The van der Waals surface area contributed by atoms with Crippen LogP contribution in [0.4, 0.5) is 14.5 Å². The van der Waals surface area contributed by atoms with Gasteiger partial charge in [-0.3, -0.25) is 4.99 Å². The molecule has 0 saturated heterocycles. The van der Waals surface area contributed by atoms with Crippen molar-refractivity contribution < 1.29 is 27.7 Å². The Morgan fingerprint density at radius 3 is 2.30 bits per heavy atom. The highest BCUT2D eigenvalue weighted by Gasteiger charge is 2.12. The Morgan fingerprint density at radius 2 is 1.70 bits per heavy atom. The van der Waals surface area contributed by atoms with Crippen molar-refractivity contribution in [2.75, 3.05) is 33.2 Å². The lowest BCUT2D eigenvalue weighted by Crippen LogP contribution is -2.30. The van der Waals surface area contributed by atoms with Crippen LogP contribution in [0.25, 0.3) is 0 Å². The van der Waals surface area contributed by atoms with Crippen LogP contribution in [0.2, 0.25) is 0 Å². The first kappa shape index (κ1) is 25.5. The summed E-state index contributed by atoms with van der Waals surface area (Å²) in [4.78, 5) is 4.16. The van der Waals surface area contributed by atoms with Crippen molar-refractivity contribution in [3.05, 3.63) is 42.0 Å². The molecule has 0 amide bonds. The Balaban J connectivity index is 0.00000450. The molecular weight excluding hydrogens is 511 g/mol. The van der Waals surface area contributed by atoms with Crippen LogP contribution in [-0.4, -0.2) is 40.4 Å². The van der Waals surface area contributed by atoms with Gasteiger partial charge in [-0.05, 0) is 36.8 Å². The number of benzene rings is 2. The molecule has 0 heterocycles. The van der Waals surface area contributed by atoms with Crippen LogP contribution >= 0.6 is 24.0 Å². The number of guanidine groups is 1.